The summed E-state index contributed by atoms with van der Waals surface area (Å²) in [4.78, 5) is 0. The fraction of sp³-hybridized carbons (Fsp3) is 0.667. The Bertz CT molecular complexity index is 501. The quantitative estimate of drug-likeness (QED) is 0.923. The van der Waals surface area contributed by atoms with Crippen molar-refractivity contribution < 1.29 is 14.6 Å². The Hall–Kier alpha value is -1.06. The molecule has 2 aliphatic heterocycles. The lowest BCUT2D eigenvalue weighted by molar-refractivity contribution is -0.158. The zero-order valence-electron chi connectivity index (χ0n) is 13.1. The molecule has 21 heavy (non-hydrogen) atoms. The van der Waals surface area contributed by atoms with Gasteiger partial charge in [-0.1, -0.05) is 25.1 Å². The molecule has 0 aromatic heterocycles. The van der Waals surface area contributed by atoms with Crippen molar-refractivity contribution in [2.24, 2.45) is 0 Å². The van der Waals surface area contributed by atoms with E-state index in [1.807, 2.05) is 12.1 Å². The molecular formula is C18H26O3. The second-order valence-electron chi connectivity index (χ2n) is 6.88. The Morgan fingerprint density at radius 2 is 2.10 bits per heavy atom. The number of rotatable bonds is 3. The number of ether oxygens (including phenoxy) is 2. The van der Waals surface area contributed by atoms with Crippen LogP contribution >= 0.6 is 0 Å². The molecule has 1 aromatic rings. The van der Waals surface area contributed by atoms with Crippen molar-refractivity contribution in [2.75, 3.05) is 13.2 Å². The lowest BCUT2D eigenvalue weighted by Crippen LogP contribution is -2.48. The Balaban J connectivity index is 1.77. The van der Waals surface area contributed by atoms with Crippen LogP contribution in [-0.4, -0.2) is 29.5 Å². The fourth-order valence-electron chi connectivity index (χ4n) is 3.81. The molecule has 0 radical (unpaired) electrons. The molecule has 1 aromatic carbocycles. The van der Waals surface area contributed by atoms with Crippen LogP contribution in [0.15, 0.2) is 24.3 Å². The summed E-state index contributed by atoms with van der Waals surface area (Å²) in [6.07, 6.45) is 4.22. The van der Waals surface area contributed by atoms with Crippen LogP contribution in [0.3, 0.4) is 0 Å². The van der Waals surface area contributed by atoms with E-state index in [9.17, 15) is 5.11 Å². The van der Waals surface area contributed by atoms with Crippen LogP contribution in [0.5, 0.6) is 5.75 Å². The lowest BCUT2D eigenvalue weighted by Gasteiger charge is -2.45. The van der Waals surface area contributed by atoms with Gasteiger partial charge in [0.05, 0.1) is 24.4 Å². The van der Waals surface area contributed by atoms with Crippen molar-refractivity contribution in [1.82, 2.24) is 0 Å². The lowest BCUT2D eigenvalue weighted by atomic mass is 9.74. The highest BCUT2D eigenvalue weighted by Gasteiger charge is 2.43. The van der Waals surface area contributed by atoms with Gasteiger partial charge < -0.3 is 14.6 Å². The highest BCUT2D eigenvalue weighted by molar-refractivity contribution is 5.38. The van der Waals surface area contributed by atoms with Crippen molar-refractivity contribution in [2.45, 2.75) is 63.1 Å². The van der Waals surface area contributed by atoms with Crippen LogP contribution in [0, 0.1) is 0 Å². The predicted molar refractivity (Wildman–Crippen MR) is 82.7 cm³/mol. The minimum Gasteiger partial charge on any atom is -0.493 e. The third kappa shape index (κ3) is 3.09. The van der Waals surface area contributed by atoms with Crippen LogP contribution in [0.25, 0.3) is 0 Å². The van der Waals surface area contributed by atoms with Crippen LogP contribution in [0.4, 0.5) is 0 Å². The summed E-state index contributed by atoms with van der Waals surface area (Å²) >= 11 is 0. The van der Waals surface area contributed by atoms with Gasteiger partial charge in [0.2, 0.25) is 0 Å². The van der Waals surface area contributed by atoms with E-state index < -0.39 is 5.60 Å². The zero-order valence-corrected chi connectivity index (χ0v) is 13.1. The van der Waals surface area contributed by atoms with Gasteiger partial charge in [-0.15, -0.1) is 0 Å². The second-order valence-corrected chi connectivity index (χ2v) is 6.88. The number of aliphatic hydroxyl groups is 1. The predicted octanol–water partition coefficient (Wildman–Crippen LogP) is 3.65. The standard InChI is InChI=1S/C18H26O3/c1-3-17(2)13-18(19,9-11-21-17)12-14-8-10-20-16-7-5-4-6-15(14)16/h4-7,14,19H,3,8-13H2,1-2H3. The maximum absolute atomic E-state index is 11.1. The van der Waals surface area contributed by atoms with Crippen LogP contribution in [-0.2, 0) is 4.74 Å². The number of hydrogen-bond acceptors (Lipinski definition) is 3. The number of fused-ring (bicyclic) bond motifs is 1. The minimum atomic E-state index is -0.613. The van der Waals surface area contributed by atoms with Gasteiger partial charge in [0, 0.05) is 6.42 Å². The van der Waals surface area contributed by atoms with Gasteiger partial charge in [-0.3, -0.25) is 0 Å². The van der Waals surface area contributed by atoms with E-state index in [1.54, 1.807) is 0 Å². The number of benzene rings is 1. The van der Waals surface area contributed by atoms with Crippen molar-refractivity contribution in [3.05, 3.63) is 29.8 Å². The van der Waals surface area contributed by atoms with Crippen molar-refractivity contribution in [3.63, 3.8) is 0 Å². The maximum atomic E-state index is 11.1. The Labute approximate surface area is 127 Å². The van der Waals surface area contributed by atoms with Crippen molar-refractivity contribution >= 4 is 0 Å². The third-order valence-electron chi connectivity index (χ3n) is 5.18. The van der Waals surface area contributed by atoms with E-state index >= 15 is 0 Å². The highest BCUT2D eigenvalue weighted by atomic mass is 16.5. The molecule has 3 nitrogen and oxygen atoms in total. The molecule has 3 rings (SSSR count). The molecule has 0 spiro atoms. The number of para-hydroxylation sites is 1. The van der Waals surface area contributed by atoms with Gasteiger partial charge in [-0.25, -0.2) is 0 Å². The van der Waals surface area contributed by atoms with E-state index in [4.69, 9.17) is 9.47 Å². The molecular weight excluding hydrogens is 264 g/mol. The average Bonchev–Trinajstić information content (AvgIpc) is 2.47. The largest absolute Gasteiger partial charge is 0.493 e. The SMILES string of the molecule is CCC1(C)CC(O)(CC2CCOc3ccccc32)CCO1. The second kappa shape index (κ2) is 5.62. The molecule has 2 heterocycles. The first-order chi connectivity index (χ1) is 10.0. The number of hydrogen-bond donors (Lipinski definition) is 1. The molecule has 116 valence electrons. The molecule has 0 aliphatic carbocycles. The van der Waals surface area contributed by atoms with Crippen molar-refractivity contribution in [3.8, 4) is 5.75 Å². The summed E-state index contributed by atoms with van der Waals surface area (Å²) in [5.41, 5.74) is 0.456. The summed E-state index contributed by atoms with van der Waals surface area (Å²) in [5.74, 6) is 1.38. The summed E-state index contributed by atoms with van der Waals surface area (Å²) in [6.45, 7) is 5.66. The van der Waals surface area contributed by atoms with Gasteiger partial charge in [-0.05, 0) is 50.2 Å². The summed E-state index contributed by atoms with van der Waals surface area (Å²) in [7, 11) is 0. The monoisotopic (exact) mass is 290 g/mol. The first kappa shape index (κ1) is 14.9. The molecule has 0 bridgehead atoms. The highest BCUT2D eigenvalue weighted by Crippen LogP contribution is 2.44. The molecule has 1 N–H and O–H groups in total. The fourth-order valence-corrected chi connectivity index (χ4v) is 3.81. The molecule has 1 fully saturated rings. The molecule has 0 saturated carbocycles. The summed E-state index contributed by atoms with van der Waals surface area (Å²) in [5, 5.41) is 11.1. The van der Waals surface area contributed by atoms with Crippen LogP contribution in [0.1, 0.15) is 57.4 Å². The Kier molecular flexibility index (Phi) is 3.98. The van der Waals surface area contributed by atoms with Crippen LogP contribution < -0.4 is 4.74 Å². The van der Waals surface area contributed by atoms with E-state index in [0.717, 1.165) is 44.5 Å². The van der Waals surface area contributed by atoms with Crippen molar-refractivity contribution in [1.29, 1.82) is 0 Å². The molecule has 2 aliphatic rings. The third-order valence-corrected chi connectivity index (χ3v) is 5.18. The topological polar surface area (TPSA) is 38.7 Å². The molecule has 3 unspecified atom stereocenters. The van der Waals surface area contributed by atoms with Gasteiger partial charge in [0.1, 0.15) is 5.75 Å². The van der Waals surface area contributed by atoms with Gasteiger partial charge in [-0.2, -0.15) is 0 Å². The maximum Gasteiger partial charge on any atom is 0.122 e. The molecule has 3 heteroatoms. The minimum absolute atomic E-state index is 0.183. The molecule has 1 saturated heterocycles. The Morgan fingerprint density at radius 1 is 1.29 bits per heavy atom. The van der Waals surface area contributed by atoms with E-state index in [-0.39, 0.29) is 5.60 Å². The Morgan fingerprint density at radius 3 is 2.90 bits per heavy atom. The first-order valence-corrected chi connectivity index (χ1v) is 8.12. The van der Waals surface area contributed by atoms with Gasteiger partial charge >= 0.3 is 0 Å². The average molecular weight is 290 g/mol. The van der Waals surface area contributed by atoms with Gasteiger partial charge in [0.25, 0.3) is 0 Å². The van der Waals surface area contributed by atoms with E-state index in [2.05, 4.69) is 26.0 Å². The van der Waals surface area contributed by atoms with E-state index in [0.29, 0.717) is 12.5 Å². The summed E-state index contributed by atoms with van der Waals surface area (Å²) < 4.78 is 11.6. The van der Waals surface area contributed by atoms with Crippen LogP contribution in [0.2, 0.25) is 0 Å². The normalized spacial score (nSPS) is 35.9. The van der Waals surface area contributed by atoms with E-state index in [1.165, 1.54) is 5.56 Å². The molecule has 0 amide bonds. The molecule has 3 atom stereocenters. The zero-order chi connectivity index (χ0) is 14.9. The smallest absolute Gasteiger partial charge is 0.122 e. The van der Waals surface area contributed by atoms with Gasteiger partial charge in [0.15, 0.2) is 0 Å². The summed E-state index contributed by atoms with van der Waals surface area (Å²) in [6, 6.07) is 8.25. The first-order valence-electron chi connectivity index (χ1n) is 8.12.